The van der Waals surface area contributed by atoms with Crippen LogP contribution in [-0.4, -0.2) is 28.2 Å². The van der Waals surface area contributed by atoms with Gasteiger partial charge in [-0.1, -0.05) is 60.5 Å². The Kier molecular flexibility index (Phi) is 6.41. The SMILES string of the molecule is C[C@]12C[C@H](c3ccc(-c4ccc(C#N)cc4)cc3)C3C4CCC(=O)C=C4CCC3C1=CC[C@@]2(O)CCCO. The van der Waals surface area contributed by atoms with Gasteiger partial charge in [0, 0.05) is 18.4 Å². The van der Waals surface area contributed by atoms with Gasteiger partial charge in [0.1, 0.15) is 0 Å². The van der Waals surface area contributed by atoms with Crippen LogP contribution in [0.4, 0.5) is 0 Å². The maximum atomic E-state index is 12.3. The van der Waals surface area contributed by atoms with Crippen LogP contribution >= 0.6 is 0 Å². The molecule has 4 heteroatoms. The fraction of sp³-hybridized carbons (Fsp3) is 0.471. The fourth-order valence-corrected chi connectivity index (χ4v) is 8.48. The summed E-state index contributed by atoms with van der Waals surface area (Å²) in [5.41, 5.74) is 5.84. The molecule has 38 heavy (non-hydrogen) atoms. The number of hydrogen-bond acceptors (Lipinski definition) is 4. The van der Waals surface area contributed by atoms with Crippen molar-refractivity contribution in [3.05, 3.63) is 83.0 Å². The molecule has 3 unspecified atom stereocenters. The van der Waals surface area contributed by atoms with Crippen LogP contribution in [0.1, 0.15) is 75.3 Å². The van der Waals surface area contributed by atoms with Gasteiger partial charge in [0.05, 0.1) is 17.2 Å². The molecule has 0 spiro atoms. The van der Waals surface area contributed by atoms with Gasteiger partial charge in [-0.25, -0.2) is 0 Å². The zero-order chi connectivity index (χ0) is 26.5. The van der Waals surface area contributed by atoms with E-state index in [-0.39, 0.29) is 23.7 Å². The average Bonchev–Trinajstić information content (AvgIpc) is 3.21. The number of hydrogen-bond donors (Lipinski definition) is 2. The smallest absolute Gasteiger partial charge is 0.155 e. The predicted octanol–water partition coefficient (Wildman–Crippen LogP) is 6.48. The van der Waals surface area contributed by atoms with Crippen molar-refractivity contribution >= 4 is 5.78 Å². The molecule has 4 nitrogen and oxygen atoms in total. The Morgan fingerprint density at radius 1 is 0.974 bits per heavy atom. The lowest BCUT2D eigenvalue weighted by Crippen LogP contribution is -2.53. The van der Waals surface area contributed by atoms with Gasteiger partial charge in [0.2, 0.25) is 0 Å². The molecule has 6 atom stereocenters. The summed E-state index contributed by atoms with van der Waals surface area (Å²) in [7, 11) is 0. The van der Waals surface area contributed by atoms with Crippen LogP contribution < -0.4 is 0 Å². The number of allylic oxidation sites excluding steroid dienone is 2. The van der Waals surface area contributed by atoms with Crippen molar-refractivity contribution in [3.63, 3.8) is 0 Å². The van der Waals surface area contributed by atoms with E-state index in [4.69, 9.17) is 5.26 Å². The number of nitriles is 1. The number of aliphatic hydroxyl groups is 2. The van der Waals surface area contributed by atoms with Gasteiger partial charge in [-0.2, -0.15) is 5.26 Å². The molecule has 2 saturated carbocycles. The number of aliphatic hydroxyl groups excluding tert-OH is 1. The molecule has 0 aromatic heterocycles. The Morgan fingerprint density at radius 3 is 2.34 bits per heavy atom. The summed E-state index contributed by atoms with van der Waals surface area (Å²) >= 11 is 0. The van der Waals surface area contributed by atoms with Gasteiger partial charge >= 0.3 is 0 Å². The van der Waals surface area contributed by atoms with Crippen LogP contribution in [0.25, 0.3) is 11.1 Å². The molecule has 0 amide bonds. The van der Waals surface area contributed by atoms with E-state index in [0.29, 0.717) is 49.0 Å². The minimum atomic E-state index is -0.824. The molecule has 6 rings (SSSR count). The summed E-state index contributed by atoms with van der Waals surface area (Å²) in [6, 6.07) is 18.8. The number of nitrogens with zero attached hydrogens (tertiary/aromatic N) is 1. The summed E-state index contributed by atoms with van der Waals surface area (Å²) in [6.07, 6.45) is 10.7. The monoisotopic (exact) mass is 507 g/mol. The molecule has 0 saturated heterocycles. The molecular formula is C34H37NO3. The summed E-state index contributed by atoms with van der Waals surface area (Å²) in [4.78, 5) is 12.3. The first kappa shape index (κ1) is 25.3. The fourth-order valence-electron chi connectivity index (χ4n) is 8.48. The van der Waals surface area contributed by atoms with Gasteiger partial charge in [0.15, 0.2) is 5.78 Å². The maximum Gasteiger partial charge on any atom is 0.155 e. The minimum Gasteiger partial charge on any atom is -0.396 e. The van der Waals surface area contributed by atoms with Crippen LogP contribution in [0.5, 0.6) is 0 Å². The van der Waals surface area contributed by atoms with E-state index < -0.39 is 5.60 Å². The lowest BCUT2D eigenvalue weighted by molar-refractivity contribution is -0.116. The van der Waals surface area contributed by atoms with E-state index in [0.717, 1.165) is 36.8 Å². The summed E-state index contributed by atoms with van der Waals surface area (Å²) in [5, 5.41) is 30.7. The highest BCUT2D eigenvalue weighted by atomic mass is 16.3. The predicted molar refractivity (Wildman–Crippen MR) is 148 cm³/mol. The van der Waals surface area contributed by atoms with Crippen molar-refractivity contribution < 1.29 is 15.0 Å². The zero-order valence-electron chi connectivity index (χ0n) is 22.2. The molecule has 0 aliphatic heterocycles. The number of carbonyl (C=O) groups is 1. The molecule has 2 N–H and O–H groups in total. The maximum absolute atomic E-state index is 12.3. The molecule has 0 heterocycles. The van der Waals surface area contributed by atoms with E-state index in [2.05, 4.69) is 43.3 Å². The molecule has 2 aromatic rings. The molecule has 0 radical (unpaired) electrons. The third-order valence-corrected chi connectivity index (χ3v) is 10.4. The van der Waals surface area contributed by atoms with E-state index in [1.807, 2.05) is 30.3 Å². The summed E-state index contributed by atoms with van der Waals surface area (Å²) in [6.45, 7) is 2.37. The lowest BCUT2D eigenvalue weighted by Gasteiger charge is -2.57. The second-order valence-electron chi connectivity index (χ2n) is 12.2. The second-order valence-corrected chi connectivity index (χ2v) is 12.2. The van der Waals surface area contributed by atoms with Crippen molar-refractivity contribution in [1.82, 2.24) is 0 Å². The highest BCUT2D eigenvalue weighted by Gasteiger charge is 2.61. The standard InChI is InChI=1S/C34H37NO3/c1-33-20-30(25-9-7-24(8-10-25)23-5-3-22(21-35)4-6-23)32-28-14-12-27(37)19-26(28)11-13-29(32)31(33)15-17-34(33,38)16-2-18-36/h3-10,15,19,28-30,32,36,38H,2,11-14,16-18,20H2,1H3/t28?,29?,30-,32?,33+,34+/m1/s1. The van der Waals surface area contributed by atoms with Gasteiger partial charge in [-0.15, -0.1) is 0 Å². The first-order valence-corrected chi connectivity index (χ1v) is 14.2. The van der Waals surface area contributed by atoms with Crippen LogP contribution in [0.2, 0.25) is 0 Å². The zero-order valence-corrected chi connectivity index (χ0v) is 22.2. The largest absolute Gasteiger partial charge is 0.396 e. The average molecular weight is 508 g/mol. The van der Waals surface area contributed by atoms with Gasteiger partial charge in [0.25, 0.3) is 0 Å². The molecule has 0 bridgehead atoms. The van der Waals surface area contributed by atoms with E-state index in [1.165, 1.54) is 16.7 Å². The van der Waals surface area contributed by atoms with Gasteiger partial charge in [-0.3, -0.25) is 4.79 Å². The Morgan fingerprint density at radius 2 is 1.66 bits per heavy atom. The lowest BCUT2D eigenvalue weighted by atomic mass is 9.48. The third-order valence-electron chi connectivity index (χ3n) is 10.4. The Labute approximate surface area is 225 Å². The highest BCUT2D eigenvalue weighted by molar-refractivity contribution is 5.91. The Balaban J connectivity index is 1.39. The van der Waals surface area contributed by atoms with Crippen molar-refractivity contribution in [2.75, 3.05) is 6.61 Å². The molecular weight excluding hydrogens is 470 g/mol. The Bertz CT molecular complexity index is 1330. The van der Waals surface area contributed by atoms with Crippen molar-refractivity contribution in [2.24, 2.45) is 23.2 Å². The Hall–Kier alpha value is -3.00. The van der Waals surface area contributed by atoms with Crippen LogP contribution in [0, 0.1) is 34.5 Å². The second kappa shape index (κ2) is 9.63. The highest BCUT2D eigenvalue weighted by Crippen LogP contribution is 2.66. The minimum absolute atomic E-state index is 0.101. The van der Waals surface area contributed by atoms with Gasteiger partial charge in [-0.05, 0) is 104 Å². The number of ketones is 1. The summed E-state index contributed by atoms with van der Waals surface area (Å²) in [5.74, 6) is 1.83. The topological polar surface area (TPSA) is 81.3 Å². The number of fused-ring (bicyclic) bond motifs is 5. The van der Waals surface area contributed by atoms with Crippen LogP contribution in [0.15, 0.2) is 71.8 Å². The van der Waals surface area contributed by atoms with Crippen molar-refractivity contribution in [1.29, 1.82) is 5.26 Å². The quantitative estimate of drug-likeness (QED) is 0.454. The van der Waals surface area contributed by atoms with Crippen molar-refractivity contribution in [2.45, 2.75) is 69.8 Å². The molecule has 196 valence electrons. The van der Waals surface area contributed by atoms with Crippen molar-refractivity contribution in [3.8, 4) is 17.2 Å². The van der Waals surface area contributed by atoms with Crippen LogP contribution in [0.3, 0.4) is 0 Å². The van der Waals surface area contributed by atoms with Gasteiger partial charge < -0.3 is 10.2 Å². The summed E-state index contributed by atoms with van der Waals surface area (Å²) < 4.78 is 0. The number of benzene rings is 2. The number of carbonyl (C=O) groups excluding carboxylic acids is 1. The van der Waals surface area contributed by atoms with Crippen LogP contribution in [-0.2, 0) is 4.79 Å². The van der Waals surface area contributed by atoms with E-state index >= 15 is 0 Å². The molecule has 2 aromatic carbocycles. The molecule has 2 fully saturated rings. The first-order valence-electron chi connectivity index (χ1n) is 14.2. The normalized spacial score (nSPS) is 33.9. The van der Waals surface area contributed by atoms with E-state index in [9.17, 15) is 15.0 Å². The third kappa shape index (κ3) is 3.99. The molecule has 4 aliphatic rings. The van der Waals surface area contributed by atoms with E-state index in [1.54, 1.807) is 0 Å². The first-order chi connectivity index (χ1) is 18.4. The molecule has 4 aliphatic carbocycles. The number of rotatable bonds is 5.